The van der Waals surface area contributed by atoms with Crippen LogP contribution in [0.3, 0.4) is 0 Å². The Balaban J connectivity index is 2.46. The highest BCUT2D eigenvalue weighted by atomic mass is 32.2. The lowest BCUT2D eigenvalue weighted by atomic mass is 10.4. The first-order chi connectivity index (χ1) is 8.09. The summed E-state index contributed by atoms with van der Waals surface area (Å²) in [4.78, 5) is 19.3. The molecule has 0 saturated carbocycles. The maximum Gasteiger partial charge on any atom is 0.313 e. The Labute approximate surface area is 103 Å². The van der Waals surface area contributed by atoms with Gasteiger partial charge in [-0.25, -0.2) is 9.97 Å². The highest BCUT2D eigenvalue weighted by Gasteiger charge is 2.15. The Bertz CT molecular complexity index is 551. The minimum atomic E-state index is -0.842. The molecule has 2 rings (SSSR count). The third kappa shape index (κ3) is 2.41. The fourth-order valence-electron chi connectivity index (χ4n) is 1.60. The van der Waals surface area contributed by atoms with Crippen LogP contribution in [-0.4, -0.2) is 31.4 Å². The topological polar surface area (TPSA) is 68.0 Å². The van der Waals surface area contributed by atoms with Crippen LogP contribution in [0.25, 0.3) is 11.2 Å². The molecule has 5 nitrogen and oxygen atoms in total. The first-order valence-corrected chi connectivity index (χ1v) is 6.25. The van der Waals surface area contributed by atoms with Crippen molar-refractivity contribution >= 4 is 28.9 Å². The van der Waals surface area contributed by atoms with Crippen molar-refractivity contribution in [2.24, 2.45) is 0 Å². The quantitative estimate of drug-likeness (QED) is 0.844. The number of rotatable bonds is 4. The molecule has 6 heteroatoms. The molecular formula is C11H13N3O2S. The molecule has 0 radical (unpaired) electrons. The molecule has 17 heavy (non-hydrogen) atoms. The maximum atomic E-state index is 10.6. The molecule has 0 aliphatic heterocycles. The highest BCUT2D eigenvalue weighted by Crippen LogP contribution is 2.26. The van der Waals surface area contributed by atoms with E-state index in [1.165, 1.54) is 11.8 Å². The van der Waals surface area contributed by atoms with E-state index in [0.717, 1.165) is 11.2 Å². The molecule has 0 aliphatic carbocycles. The minimum Gasteiger partial charge on any atom is -0.481 e. The second kappa shape index (κ2) is 4.75. The van der Waals surface area contributed by atoms with E-state index in [0.29, 0.717) is 5.16 Å². The minimum absolute atomic E-state index is 0.00996. The standard InChI is InChI=1S/C11H13N3O2S/c1-7(2)14-10-8(4-3-5-12-10)13-11(14)17-6-9(15)16/h3-5,7H,6H2,1-2H3,(H,15,16). The number of nitrogens with zero attached hydrogens (tertiary/aromatic N) is 3. The average Bonchev–Trinajstić information content (AvgIpc) is 2.64. The van der Waals surface area contributed by atoms with Gasteiger partial charge in [-0.3, -0.25) is 4.79 Å². The van der Waals surface area contributed by atoms with E-state index in [9.17, 15) is 4.79 Å². The number of hydrogen-bond acceptors (Lipinski definition) is 4. The van der Waals surface area contributed by atoms with Gasteiger partial charge in [0, 0.05) is 12.2 Å². The number of fused-ring (bicyclic) bond motifs is 1. The average molecular weight is 251 g/mol. The molecule has 0 spiro atoms. The van der Waals surface area contributed by atoms with Gasteiger partial charge in [0.15, 0.2) is 10.8 Å². The predicted octanol–water partition coefficient (Wildman–Crippen LogP) is 2.19. The Morgan fingerprint density at radius 1 is 1.59 bits per heavy atom. The third-order valence-corrected chi connectivity index (χ3v) is 3.20. The number of thioether (sulfide) groups is 1. The normalized spacial score (nSPS) is 11.2. The summed E-state index contributed by atoms with van der Waals surface area (Å²) in [6.45, 7) is 4.06. The Hall–Kier alpha value is -1.56. The maximum absolute atomic E-state index is 10.6. The van der Waals surface area contributed by atoms with Crippen molar-refractivity contribution < 1.29 is 9.90 Å². The smallest absolute Gasteiger partial charge is 0.313 e. The van der Waals surface area contributed by atoms with Gasteiger partial charge in [0.25, 0.3) is 0 Å². The van der Waals surface area contributed by atoms with Gasteiger partial charge in [0.2, 0.25) is 0 Å². The van der Waals surface area contributed by atoms with Crippen molar-refractivity contribution in [3.05, 3.63) is 18.3 Å². The van der Waals surface area contributed by atoms with E-state index < -0.39 is 5.97 Å². The zero-order valence-corrected chi connectivity index (χ0v) is 10.4. The Morgan fingerprint density at radius 2 is 2.35 bits per heavy atom. The zero-order chi connectivity index (χ0) is 12.4. The summed E-state index contributed by atoms with van der Waals surface area (Å²) in [6.07, 6.45) is 1.72. The molecule has 0 aliphatic rings. The number of carboxylic acids is 1. The molecule has 0 atom stereocenters. The predicted molar refractivity (Wildman–Crippen MR) is 66.3 cm³/mol. The molecule has 90 valence electrons. The van der Waals surface area contributed by atoms with Gasteiger partial charge in [-0.05, 0) is 26.0 Å². The number of carboxylic acid groups (broad SMARTS) is 1. The fraction of sp³-hybridized carbons (Fsp3) is 0.364. The fourth-order valence-corrected chi connectivity index (χ4v) is 2.45. The van der Waals surface area contributed by atoms with E-state index in [1.54, 1.807) is 6.20 Å². The van der Waals surface area contributed by atoms with Crippen molar-refractivity contribution in [3.8, 4) is 0 Å². The molecular weight excluding hydrogens is 238 g/mol. The summed E-state index contributed by atoms with van der Waals surface area (Å²) in [5.74, 6) is -0.832. The largest absolute Gasteiger partial charge is 0.481 e. The van der Waals surface area contributed by atoms with Gasteiger partial charge in [-0.1, -0.05) is 11.8 Å². The molecule has 0 bridgehead atoms. The van der Waals surface area contributed by atoms with Crippen LogP contribution in [0.15, 0.2) is 23.5 Å². The molecule has 0 saturated heterocycles. The number of carbonyl (C=O) groups is 1. The van der Waals surface area contributed by atoms with Crippen LogP contribution in [0, 0.1) is 0 Å². The molecule has 0 aromatic carbocycles. The van der Waals surface area contributed by atoms with Crippen LogP contribution in [0.4, 0.5) is 0 Å². The molecule has 2 aromatic heterocycles. The summed E-state index contributed by atoms with van der Waals surface area (Å²) in [5, 5.41) is 9.41. The second-order valence-corrected chi connectivity index (χ2v) is 4.83. The molecule has 2 heterocycles. The number of hydrogen-bond donors (Lipinski definition) is 1. The van der Waals surface area contributed by atoms with Crippen molar-refractivity contribution in [3.63, 3.8) is 0 Å². The number of aromatic nitrogens is 3. The highest BCUT2D eigenvalue weighted by molar-refractivity contribution is 7.99. The van der Waals surface area contributed by atoms with E-state index >= 15 is 0 Å². The molecule has 0 fully saturated rings. The van der Waals surface area contributed by atoms with Gasteiger partial charge < -0.3 is 9.67 Å². The number of pyridine rings is 1. The Morgan fingerprint density at radius 3 is 3.00 bits per heavy atom. The van der Waals surface area contributed by atoms with Crippen LogP contribution in [-0.2, 0) is 4.79 Å². The first-order valence-electron chi connectivity index (χ1n) is 5.27. The summed E-state index contributed by atoms with van der Waals surface area (Å²) in [5.41, 5.74) is 1.60. The molecule has 0 unspecified atom stereocenters. The zero-order valence-electron chi connectivity index (χ0n) is 9.62. The van der Waals surface area contributed by atoms with Crippen LogP contribution in [0.1, 0.15) is 19.9 Å². The van der Waals surface area contributed by atoms with Gasteiger partial charge in [0.1, 0.15) is 5.52 Å². The number of imidazole rings is 1. The van der Waals surface area contributed by atoms with E-state index in [-0.39, 0.29) is 11.8 Å². The Kier molecular flexibility index (Phi) is 3.33. The summed E-state index contributed by atoms with van der Waals surface area (Å²) >= 11 is 1.22. The van der Waals surface area contributed by atoms with E-state index in [2.05, 4.69) is 9.97 Å². The van der Waals surface area contributed by atoms with Gasteiger partial charge in [-0.15, -0.1) is 0 Å². The van der Waals surface area contributed by atoms with Gasteiger partial charge in [0.05, 0.1) is 5.75 Å². The summed E-state index contributed by atoms with van der Waals surface area (Å²) in [7, 11) is 0. The number of aliphatic carboxylic acids is 1. The lowest BCUT2D eigenvalue weighted by molar-refractivity contribution is -0.133. The molecule has 0 amide bonds. The lowest BCUT2D eigenvalue weighted by Crippen LogP contribution is -2.05. The van der Waals surface area contributed by atoms with Gasteiger partial charge >= 0.3 is 5.97 Å². The van der Waals surface area contributed by atoms with Gasteiger partial charge in [-0.2, -0.15) is 0 Å². The SMILES string of the molecule is CC(C)n1c(SCC(=O)O)nc2cccnc21. The summed E-state index contributed by atoms with van der Waals surface area (Å²) in [6, 6.07) is 3.91. The van der Waals surface area contributed by atoms with Crippen LogP contribution in [0.5, 0.6) is 0 Å². The van der Waals surface area contributed by atoms with Crippen LogP contribution in [0.2, 0.25) is 0 Å². The van der Waals surface area contributed by atoms with E-state index in [1.807, 2.05) is 30.5 Å². The molecule has 1 N–H and O–H groups in total. The third-order valence-electron chi connectivity index (χ3n) is 2.26. The summed E-state index contributed by atoms with van der Waals surface area (Å²) < 4.78 is 1.96. The van der Waals surface area contributed by atoms with Crippen LogP contribution < -0.4 is 0 Å². The van der Waals surface area contributed by atoms with Crippen molar-refractivity contribution in [1.29, 1.82) is 0 Å². The van der Waals surface area contributed by atoms with E-state index in [4.69, 9.17) is 5.11 Å². The second-order valence-electron chi connectivity index (χ2n) is 3.89. The molecule has 2 aromatic rings. The lowest BCUT2D eigenvalue weighted by Gasteiger charge is -2.10. The van der Waals surface area contributed by atoms with Crippen molar-refractivity contribution in [2.45, 2.75) is 25.0 Å². The van der Waals surface area contributed by atoms with Crippen molar-refractivity contribution in [1.82, 2.24) is 14.5 Å². The van der Waals surface area contributed by atoms with Crippen molar-refractivity contribution in [2.75, 3.05) is 5.75 Å². The monoisotopic (exact) mass is 251 g/mol. The van der Waals surface area contributed by atoms with Crippen LogP contribution >= 0.6 is 11.8 Å². The first kappa shape index (κ1) is 11.9.